The van der Waals surface area contributed by atoms with Crippen molar-refractivity contribution in [1.82, 2.24) is 19.1 Å². The number of pyridine rings is 2. The van der Waals surface area contributed by atoms with E-state index in [-0.39, 0.29) is 11.6 Å². The van der Waals surface area contributed by atoms with Crippen LogP contribution in [0.3, 0.4) is 0 Å². The monoisotopic (exact) mass is 1110 g/mol. The van der Waals surface area contributed by atoms with Gasteiger partial charge in [-0.1, -0.05) is 181 Å². The van der Waals surface area contributed by atoms with E-state index in [1.165, 1.54) is 53.2 Å². The van der Waals surface area contributed by atoms with Gasteiger partial charge >= 0.3 is 0 Å². The summed E-state index contributed by atoms with van der Waals surface area (Å²) in [6, 6.07) is 79.2. The predicted molar refractivity (Wildman–Crippen MR) is 339 cm³/mol. The first kappa shape index (κ1) is 49.6. The summed E-state index contributed by atoms with van der Waals surface area (Å²) in [5.74, 6) is 1.35. The van der Waals surface area contributed by atoms with Crippen LogP contribution in [-0.4, -0.2) is 19.1 Å². The summed E-state index contributed by atoms with van der Waals surface area (Å²) < 4.78 is 37.6. The molecule has 0 aliphatic rings. The van der Waals surface area contributed by atoms with Gasteiger partial charge in [-0.15, -0.1) is 22.7 Å². The average Bonchev–Trinajstić information content (AvgIpc) is 4.36. The number of nitrogen functional groups attached to an aromatic ring is 1. The first-order valence-electron chi connectivity index (χ1n) is 26.3. The van der Waals surface area contributed by atoms with E-state index in [0.29, 0.717) is 16.8 Å². The van der Waals surface area contributed by atoms with Crippen LogP contribution in [0.5, 0.6) is 0 Å². The van der Waals surface area contributed by atoms with Gasteiger partial charge in [0.25, 0.3) is 0 Å². The van der Waals surface area contributed by atoms with Crippen LogP contribution in [0.15, 0.2) is 255 Å². The van der Waals surface area contributed by atoms with E-state index in [1.807, 2.05) is 79.1 Å². The lowest BCUT2D eigenvalue weighted by atomic mass is 10.0. The highest BCUT2D eigenvalue weighted by molar-refractivity contribution is 7.26. The molecule has 0 bridgehead atoms. The van der Waals surface area contributed by atoms with Crippen molar-refractivity contribution in [2.24, 2.45) is 0 Å². The molecular weight excluding hydrogens is 1060 g/mol. The number of thiophene rings is 2. The number of nitrogens with two attached hydrogens (primary N) is 1. The maximum Gasteiger partial charge on any atom is 0.155 e. The summed E-state index contributed by atoms with van der Waals surface area (Å²) in [6.07, 6.45) is 3.80. The number of anilines is 3. The molecule has 81 heavy (non-hydrogen) atoms. The molecule has 388 valence electrons. The highest BCUT2D eigenvalue weighted by Gasteiger charge is 2.22. The van der Waals surface area contributed by atoms with E-state index in [9.17, 15) is 8.78 Å². The van der Waals surface area contributed by atoms with Gasteiger partial charge in [0.1, 0.15) is 11.6 Å². The summed E-state index contributed by atoms with van der Waals surface area (Å²) >= 11 is 10.2. The maximum atomic E-state index is 14.9. The standard InChI is InChI=1S/C35H22FN3S.C23H13ClN2S.C12H10FN/c36-28-15-5-1-10-22(28)23-11-2-6-16-29(23)38-30-17-9-14-26-24-12-3-7-18-31(24)39(33(26)30)35-34-27(20-21-37-35)25-13-4-8-19-32(25)40-34;24-18-9-5-8-16-14-6-1-3-10-19(14)26(21(16)18)23-22-17(12-13-25-23)15-7-2-4-11-20(15)27-22;13-11-7-3-1-5-9(11)10-6-2-4-8-12(10)14/h1-21,38H;1-13H;1-8H,14H2. The number of benzene rings is 10. The van der Waals surface area contributed by atoms with Crippen molar-refractivity contribution in [3.8, 4) is 33.9 Å². The molecule has 0 saturated carbocycles. The maximum absolute atomic E-state index is 14.9. The van der Waals surface area contributed by atoms with Crippen molar-refractivity contribution in [3.05, 3.63) is 272 Å². The van der Waals surface area contributed by atoms with E-state index >= 15 is 0 Å². The van der Waals surface area contributed by atoms with Gasteiger partial charge in [-0.25, -0.2) is 18.7 Å². The minimum absolute atomic E-state index is 0.245. The van der Waals surface area contributed by atoms with Gasteiger partial charge in [0.2, 0.25) is 0 Å². The number of rotatable bonds is 6. The Morgan fingerprint density at radius 2 is 0.790 bits per heavy atom. The lowest BCUT2D eigenvalue weighted by molar-refractivity contribution is 0.631. The molecule has 0 amide bonds. The first-order valence-corrected chi connectivity index (χ1v) is 28.3. The Balaban J connectivity index is 0.000000123. The molecule has 0 unspecified atom stereocenters. The number of halogens is 3. The van der Waals surface area contributed by atoms with E-state index < -0.39 is 0 Å². The van der Waals surface area contributed by atoms with Crippen molar-refractivity contribution in [2.75, 3.05) is 11.1 Å². The Morgan fingerprint density at radius 3 is 1.37 bits per heavy atom. The van der Waals surface area contributed by atoms with Crippen LogP contribution in [0.4, 0.5) is 25.8 Å². The third-order valence-electron chi connectivity index (χ3n) is 14.8. The molecule has 0 radical (unpaired) electrons. The third-order valence-corrected chi connectivity index (χ3v) is 17.5. The van der Waals surface area contributed by atoms with Crippen LogP contribution < -0.4 is 11.1 Å². The summed E-state index contributed by atoms with van der Waals surface area (Å²) in [5, 5.41) is 14.0. The molecule has 0 fully saturated rings. The van der Waals surface area contributed by atoms with E-state index in [0.717, 1.165) is 82.1 Å². The van der Waals surface area contributed by atoms with Crippen LogP contribution in [0, 0.1) is 11.6 Å². The minimum atomic E-state index is -0.246. The van der Waals surface area contributed by atoms with Crippen LogP contribution >= 0.6 is 34.3 Å². The van der Waals surface area contributed by atoms with Crippen LogP contribution in [0.1, 0.15) is 0 Å². The molecule has 0 aliphatic heterocycles. The topological polar surface area (TPSA) is 73.7 Å². The Labute approximate surface area is 476 Å². The number of fused-ring (bicyclic) bond motifs is 12. The molecule has 6 nitrogen and oxygen atoms in total. The molecule has 11 heteroatoms. The van der Waals surface area contributed by atoms with Gasteiger partial charge in [0, 0.05) is 98.5 Å². The van der Waals surface area contributed by atoms with E-state index in [4.69, 9.17) is 27.3 Å². The quantitative estimate of drug-likeness (QED) is 0.163. The highest BCUT2D eigenvalue weighted by atomic mass is 35.5. The number of hydrogen-bond acceptors (Lipinski definition) is 6. The summed E-state index contributed by atoms with van der Waals surface area (Å²) in [6.45, 7) is 0. The normalized spacial score (nSPS) is 11.4. The van der Waals surface area contributed by atoms with Crippen molar-refractivity contribution in [2.45, 2.75) is 0 Å². The molecule has 0 aliphatic carbocycles. The predicted octanol–water partition coefficient (Wildman–Crippen LogP) is 20.4. The van der Waals surface area contributed by atoms with Gasteiger partial charge in [-0.2, -0.15) is 0 Å². The Kier molecular flexibility index (Phi) is 12.7. The van der Waals surface area contributed by atoms with E-state index in [1.54, 1.807) is 53.0 Å². The van der Waals surface area contributed by atoms with Gasteiger partial charge in [-0.3, -0.25) is 9.13 Å². The number of para-hydroxylation sites is 6. The molecule has 6 aromatic heterocycles. The zero-order chi connectivity index (χ0) is 54.6. The molecule has 10 aromatic carbocycles. The molecule has 0 spiro atoms. The van der Waals surface area contributed by atoms with Gasteiger partial charge < -0.3 is 11.1 Å². The molecular formula is C70H45ClF2N6S2. The first-order chi connectivity index (χ1) is 39.9. The molecule has 3 N–H and O–H groups in total. The molecule has 0 saturated heterocycles. The van der Waals surface area contributed by atoms with Crippen molar-refractivity contribution < 1.29 is 8.78 Å². The number of nitrogens with one attached hydrogen (secondary N) is 1. The minimum Gasteiger partial charge on any atom is -0.398 e. The number of hydrogen-bond donors (Lipinski definition) is 2. The SMILES string of the molecule is Clc1cccc2c3ccccc3n(-c3nccc4c3sc3ccccc34)c12.Fc1ccccc1-c1ccccc1Nc1cccc2c3ccccc3n(-c3nccc4c3sc3ccccc34)c12.Nc1ccccc1-c1ccccc1F. The Hall–Kier alpha value is -9.71. The fourth-order valence-electron chi connectivity index (χ4n) is 11.2. The van der Waals surface area contributed by atoms with Gasteiger partial charge in [-0.05, 0) is 72.8 Å². The molecule has 16 rings (SSSR count). The van der Waals surface area contributed by atoms with Crippen LogP contribution in [-0.2, 0) is 0 Å². The Bertz CT molecular complexity index is 5030. The smallest absolute Gasteiger partial charge is 0.155 e. The van der Waals surface area contributed by atoms with Gasteiger partial charge in [0.05, 0.1) is 42.2 Å². The number of nitrogens with zero attached hydrogens (tertiary/aromatic N) is 4. The third kappa shape index (κ3) is 8.68. The second-order valence-corrected chi connectivity index (χ2v) is 22.0. The van der Waals surface area contributed by atoms with Crippen molar-refractivity contribution in [3.63, 3.8) is 0 Å². The van der Waals surface area contributed by atoms with Crippen molar-refractivity contribution >= 4 is 135 Å². The molecule has 6 heterocycles. The summed E-state index contributed by atoms with van der Waals surface area (Å²) in [4.78, 5) is 9.77. The fraction of sp³-hybridized carbons (Fsp3) is 0. The highest BCUT2D eigenvalue weighted by Crippen LogP contribution is 2.44. The summed E-state index contributed by atoms with van der Waals surface area (Å²) in [5.41, 5.74) is 15.0. The second-order valence-electron chi connectivity index (χ2n) is 19.5. The fourth-order valence-corrected chi connectivity index (χ4v) is 13.8. The van der Waals surface area contributed by atoms with E-state index in [2.05, 4.69) is 148 Å². The molecule has 16 aromatic rings. The van der Waals surface area contributed by atoms with Gasteiger partial charge in [0.15, 0.2) is 11.6 Å². The average molecular weight is 1110 g/mol. The van der Waals surface area contributed by atoms with Crippen LogP contribution in [0.2, 0.25) is 5.02 Å². The zero-order valence-corrected chi connectivity index (χ0v) is 45.5. The lowest BCUT2D eigenvalue weighted by Gasteiger charge is -2.16. The van der Waals surface area contributed by atoms with Crippen LogP contribution in [0.25, 0.3) is 118 Å². The zero-order valence-electron chi connectivity index (χ0n) is 43.1. The molecule has 0 atom stereocenters. The summed E-state index contributed by atoms with van der Waals surface area (Å²) in [7, 11) is 0. The number of aromatic nitrogens is 4. The second kappa shape index (κ2) is 20.8. The van der Waals surface area contributed by atoms with Crippen molar-refractivity contribution in [1.29, 1.82) is 0 Å². The Morgan fingerprint density at radius 1 is 0.370 bits per heavy atom. The lowest BCUT2D eigenvalue weighted by Crippen LogP contribution is -2.01. The largest absolute Gasteiger partial charge is 0.398 e.